The van der Waals surface area contributed by atoms with Crippen LogP contribution in [0, 0.1) is 0 Å². The fraction of sp³-hybridized carbons (Fsp3) is 0.200. The SMILES string of the molecule is Nc1ccc(Oc2nc(C(F)(F)F)ns2)c(C(F)(F)F)c1. The lowest BCUT2D eigenvalue weighted by Crippen LogP contribution is -2.08. The lowest BCUT2D eigenvalue weighted by atomic mass is 10.1. The summed E-state index contributed by atoms with van der Waals surface area (Å²) in [6, 6.07) is 2.63. The zero-order chi connectivity index (χ0) is 15.8. The predicted octanol–water partition coefficient (Wildman–Crippen LogP) is 3.95. The van der Waals surface area contributed by atoms with Gasteiger partial charge in [-0.3, -0.25) is 0 Å². The van der Waals surface area contributed by atoms with Gasteiger partial charge in [0.05, 0.1) is 0 Å². The Morgan fingerprint density at radius 2 is 1.71 bits per heavy atom. The molecule has 0 aliphatic heterocycles. The number of halogens is 6. The van der Waals surface area contributed by atoms with Gasteiger partial charge in [-0.25, -0.2) is 0 Å². The first-order chi connectivity index (χ1) is 9.57. The largest absolute Gasteiger partial charge is 0.452 e. The molecule has 0 saturated heterocycles. The maximum absolute atomic E-state index is 12.8. The third-order valence-corrected chi connectivity index (χ3v) is 2.76. The summed E-state index contributed by atoms with van der Waals surface area (Å²) in [5, 5.41) is -0.655. The maximum Gasteiger partial charge on any atom is 0.452 e. The van der Waals surface area contributed by atoms with E-state index >= 15 is 0 Å². The number of benzene rings is 1. The molecular formula is C10H5F6N3OS. The average Bonchev–Trinajstić information content (AvgIpc) is 2.78. The topological polar surface area (TPSA) is 61.0 Å². The van der Waals surface area contributed by atoms with Gasteiger partial charge in [0.2, 0.25) is 0 Å². The van der Waals surface area contributed by atoms with E-state index in [4.69, 9.17) is 10.5 Å². The van der Waals surface area contributed by atoms with Gasteiger partial charge in [-0.05, 0) is 18.2 Å². The van der Waals surface area contributed by atoms with E-state index in [1.807, 2.05) is 0 Å². The van der Waals surface area contributed by atoms with E-state index in [1.165, 1.54) is 0 Å². The fourth-order valence-electron chi connectivity index (χ4n) is 1.32. The van der Waals surface area contributed by atoms with Gasteiger partial charge in [0.1, 0.15) is 11.3 Å². The normalized spacial score (nSPS) is 12.5. The highest BCUT2D eigenvalue weighted by molar-refractivity contribution is 7.07. The van der Waals surface area contributed by atoms with Crippen molar-refractivity contribution in [1.82, 2.24) is 9.36 Å². The molecule has 0 spiro atoms. The first-order valence-corrected chi connectivity index (χ1v) is 5.90. The number of ether oxygens (including phenoxy) is 1. The molecule has 114 valence electrons. The van der Waals surface area contributed by atoms with Crippen molar-refractivity contribution < 1.29 is 31.1 Å². The van der Waals surface area contributed by atoms with Crippen LogP contribution in [0.5, 0.6) is 10.9 Å². The maximum atomic E-state index is 12.8. The van der Waals surface area contributed by atoms with Crippen LogP contribution in [0.4, 0.5) is 32.0 Å². The van der Waals surface area contributed by atoms with Crippen molar-refractivity contribution in [3.63, 3.8) is 0 Å². The number of nitrogens with two attached hydrogens (primary N) is 1. The average molecular weight is 329 g/mol. The summed E-state index contributed by atoms with van der Waals surface area (Å²) in [5.41, 5.74) is 3.87. The lowest BCUT2D eigenvalue weighted by Gasteiger charge is -2.12. The Hall–Kier alpha value is -2.04. The number of alkyl halides is 6. The molecular weight excluding hydrogens is 324 g/mol. The van der Waals surface area contributed by atoms with E-state index in [9.17, 15) is 26.3 Å². The van der Waals surface area contributed by atoms with E-state index in [0.717, 1.165) is 12.1 Å². The molecule has 1 aromatic carbocycles. The second kappa shape index (κ2) is 5.06. The Labute approximate surface area is 117 Å². The summed E-state index contributed by atoms with van der Waals surface area (Å²) in [6.45, 7) is 0. The van der Waals surface area contributed by atoms with Crippen LogP contribution in [0.3, 0.4) is 0 Å². The Kier molecular flexibility index (Phi) is 3.70. The molecule has 1 heterocycles. The van der Waals surface area contributed by atoms with Gasteiger partial charge in [0.25, 0.3) is 11.0 Å². The molecule has 0 unspecified atom stereocenters. The van der Waals surface area contributed by atoms with Gasteiger partial charge in [0, 0.05) is 17.2 Å². The number of nitrogen functional groups attached to an aromatic ring is 1. The summed E-state index contributed by atoms with van der Waals surface area (Å²) < 4.78 is 82.9. The number of aromatic nitrogens is 2. The van der Waals surface area contributed by atoms with Gasteiger partial charge in [-0.15, -0.1) is 0 Å². The number of hydrogen-bond donors (Lipinski definition) is 1. The molecule has 0 aliphatic carbocycles. The molecule has 0 atom stereocenters. The smallest absolute Gasteiger partial charge is 0.429 e. The second-order valence-corrected chi connectivity index (χ2v) is 4.45. The molecule has 2 N–H and O–H groups in total. The van der Waals surface area contributed by atoms with E-state index in [-0.39, 0.29) is 17.2 Å². The molecule has 0 radical (unpaired) electrons. The number of rotatable bonds is 2. The molecule has 4 nitrogen and oxygen atoms in total. The van der Waals surface area contributed by atoms with Crippen molar-refractivity contribution >= 4 is 17.2 Å². The summed E-state index contributed by atoms with van der Waals surface area (Å²) in [7, 11) is 0. The Bertz CT molecular complexity index is 651. The molecule has 11 heteroatoms. The Morgan fingerprint density at radius 1 is 1.05 bits per heavy atom. The Morgan fingerprint density at radius 3 is 2.24 bits per heavy atom. The van der Waals surface area contributed by atoms with Crippen LogP contribution in [-0.4, -0.2) is 9.36 Å². The van der Waals surface area contributed by atoms with E-state index in [1.54, 1.807) is 0 Å². The van der Waals surface area contributed by atoms with Crippen LogP contribution in [-0.2, 0) is 12.4 Å². The zero-order valence-corrected chi connectivity index (χ0v) is 10.6. The third kappa shape index (κ3) is 3.54. The quantitative estimate of drug-likeness (QED) is 0.669. The minimum Gasteiger partial charge on any atom is -0.429 e. The standard InChI is InChI=1S/C10H5F6N3OS/c11-9(12,13)5-3-4(17)1-2-6(5)20-8-18-7(19-21-8)10(14,15)16/h1-3H,17H2. The van der Waals surface area contributed by atoms with Crippen molar-refractivity contribution in [3.8, 4) is 10.9 Å². The third-order valence-electron chi connectivity index (χ3n) is 2.17. The molecule has 21 heavy (non-hydrogen) atoms. The monoisotopic (exact) mass is 329 g/mol. The number of nitrogens with zero attached hydrogens (tertiary/aromatic N) is 2. The minimum atomic E-state index is -4.80. The van der Waals surface area contributed by atoms with Gasteiger partial charge in [-0.1, -0.05) is 0 Å². The molecule has 0 amide bonds. The van der Waals surface area contributed by atoms with Crippen molar-refractivity contribution in [2.45, 2.75) is 12.4 Å². The molecule has 0 aliphatic rings. The highest BCUT2D eigenvalue weighted by atomic mass is 32.1. The summed E-state index contributed by atoms with van der Waals surface area (Å²) >= 11 is 0.193. The highest BCUT2D eigenvalue weighted by Crippen LogP contribution is 2.40. The van der Waals surface area contributed by atoms with Crippen LogP contribution < -0.4 is 10.5 Å². The first-order valence-electron chi connectivity index (χ1n) is 5.13. The number of anilines is 1. The van der Waals surface area contributed by atoms with Gasteiger partial charge >= 0.3 is 12.4 Å². The van der Waals surface area contributed by atoms with Gasteiger partial charge in [-0.2, -0.15) is 35.7 Å². The van der Waals surface area contributed by atoms with Crippen molar-refractivity contribution in [3.05, 3.63) is 29.6 Å². The molecule has 1 aromatic heterocycles. The summed E-state index contributed by atoms with van der Waals surface area (Å²) in [6.07, 6.45) is -9.58. The molecule has 0 saturated carbocycles. The first kappa shape index (κ1) is 15.4. The predicted molar refractivity (Wildman–Crippen MR) is 60.8 cm³/mol. The summed E-state index contributed by atoms with van der Waals surface area (Å²) in [4.78, 5) is 2.98. The second-order valence-electron chi connectivity index (χ2n) is 3.74. The van der Waals surface area contributed by atoms with Gasteiger partial charge in [0.15, 0.2) is 0 Å². The van der Waals surface area contributed by atoms with Crippen molar-refractivity contribution in [2.75, 3.05) is 5.73 Å². The van der Waals surface area contributed by atoms with Crippen molar-refractivity contribution in [2.24, 2.45) is 0 Å². The van der Waals surface area contributed by atoms with Crippen LogP contribution in [0.25, 0.3) is 0 Å². The van der Waals surface area contributed by atoms with E-state index in [0.29, 0.717) is 6.07 Å². The van der Waals surface area contributed by atoms with Crippen LogP contribution >= 0.6 is 11.5 Å². The molecule has 2 rings (SSSR count). The lowest BCUT2D eigenvalue weighted by molar-refractivity contribution is -0.144. The zero-order valence-electron chi connectivity index (χ0n) is 9.79. The summed E-state index contributed by atoms with van der Waals surface area (Å²) in [5.74, 6) is -2.19. The van der Waals surface area contributed by atoms with Crippen LogP contribution in [0.15, 0.2) is 18.2 Å². The van der Waals surface area contributed by atoms with Crippen LogP contribution in [0.1, 0.15) is 11.4 Å². The van der Waals surface area contributed by atoms with Gasteiger partial charge < -0.3 is 10.5 Å². The van der Waals surface area contributed by atoms with E-state index in [2.05, 4.69) is 9.36 Å². The van der Waals surface area contributed by atoms with Crippen LogP contribution in [0.2, 0.25) is 0 Å². The number of hydrogen-bond acceptors (Lipinski definition) is 5. The minimum absolute atomic E-state index is 0.164. The Balaban J connectivity index is 2.34. The molecule has 0 bridgehead atoms. The highest BCUT2D eigenvalue weighted by Gasteiger charge is 2.38. The van der Waals surface area contributed by atoms with Crippen molar-refractivity contribution in [1.29, 1.82) is 0 Å². The molecule has 2 aromatic rings. The fourth-order valence-corrected chi connectivity index (χ4v) is 1.88. The van der Waals surface area contributed by atoms with E-state index < -0.39 is 34.7 Å². The molecule has 0 fully saturated rings.